The number of nitrogens with zero attached hydrogens (tertiary/aromatic N) is 4. The monoisotopic (exact) mass is 249 g/mol. The molecule has 2 N–H and O–H groups in total. The minimum absolute atomic E-state index is 0.0727. The fraction of sp³-hybridized carbons (Fsp3) is 0.692. The van der Waals surface area contributed by atoms with Crippen LogP contribution in [0.3, 0.4) is 0 Å². The summed E-state index contributed by atoms with van der Waals surface area (Å²) in [6.45, 7) is 10.4. The molecule has 1 aliphatic rings. The molecular formula is C13H23N5. The van der Waals surface area contributed by atoms with Crippen LogP contribution in [0.1, 0.15) is 26.6 Å². The second kappa shape index (κ2) is 4.72. The van der Waals surface area contributed by atoms with Crippen LogP contribution >= 0.6 is 0 Å². The summed E-state index contributed by atoms with van der Waals surface area (Å²) in [7, 11) is 2.15. The highest BCUT2D eigenvalue weighted by Gasteiger charge is 2.21. The predicted molar refractivity (Wildman–Crippen MR) is 74.9 cm³/mol. The summed E-state index contributed by atoms with van der Waals surface area (Å²) in [6, 6.07) is 1.88. The van der Waals surface area contributed by atoms with Crippen molar-refractivity contribution in [3.05, 3.63) is 11.9 Å². The van der Waals surface area contributed by atoms with Gasteiger partial charge in [0, 0.05) is 37.7 Å². The van der Waals surface area contributed by atoms with Crippen LogP contribution in [0, 0.1) is 0 Å². The molecule has 2 heterocycles. The van der Waals surface area contributed by atoms with E-state index in [1.165, 1.54) is 0 Å². The van der Waals surface area contributed by atoms with Gasteiger partial charge in [-0.1, -0.05) is 20.8 Å². The molecule has 5 nitrogen and oxygen atoms in total. The van der Waals surface area contributed by atoms with Gasteiger partial charge in [0.2, 0.25) is 0 Å². The van der Waals surface area contributed by atoms with Crippen molar-refractivity contribution >= 4 is 11.6 Å². The van der Waals surface area contributed by atoms with Gasteiger partial charge in [0.05, 0.1) is 0 Å². The minimum atomic E-state index is -0.0727. The molecule has 1 aromatic rings. The number of anilines is 2. The van der Waals surface area contributed by atoms with E-state index in [2.05, 4.69) is 47.6 Å². The Labute approximate surface area is 109 Å². The van der Waals surface area contributed by atoms with Crippen LogP contribution < -0.4 is 10.6 Å². The summed E-state index contributed by atoms with van der Waals surface area (Å²) in [5.41, 5.74) is 5.83. The summed E-state index contributed by atoms with van der Waals surface area (Å²) in [4.78, 5) is 13.6. The highest BCUT2D eigenvalue weighted by atomic mass is 15.3. The maximum atomic E-state index is 5.90. The van der Waals surface area contributed by atoms with Gasteiger partial charge in [0.15, 0.2) is 0 Å². The van der Waals surface area contributed by atoms with Crippen molar-refractivity contribution in [2.75, 3.05) is 43.9 Å². The van der Waals surface area contributed by atoms with Crippen LogP contribution in [0.4, 0.5) is 11.6 Å². The van der Waals surface area contributed by atoms with Crippen molar-refractivity contribution in [2.24, 2.45) is 0 Å². The van der Waals surface area contributed by atoms with Gasteiger partial charge in [0.25, 0.3) is 0 Å². The summed E-state index contributed by atoms with van der Waals surface area (Å²) < 4.78 is 0. The van der Waals surface area contributed by atoms with Crippen molar-refractivity contribution in [3.63, 3.8) is 0 Å². The second-order valence-electron chi connectivity index (χ2n) is 6.01. The molecule has 0 amide bonds. The van der Waals surface area contributed by atoms with Gasteiger partial charge in [-0.15, -0.1) is 0 Å². The molecule has 0 atom stereocenters. The van der Waals surface area contributed by atoms with Crippen LogP contribution in [0.25, 0.3) is 0 Å². The van der Waals surface area contributed by atoms with Crippen LogP contribution in [-0.4, -0.2) is 48.1 Å². The molecule has 0 bridgehead atoms. The molecular weight excluding hydrogens is 226 g/mol. The highest BCUT2D eigenvalue weighted by Crippen LogP contribution is 2.23. The fourth-order valence-electron chi connectivity index (χ4n) is 1.99. The van der Waals surface area contributed by atoms with Crippen LogP contribution in [0.2, 0.25) is 0 Å². The number of nitrogens with two attached hydrogens (primary N) is 1. The molecule has 0 unspecified atom stereocenters. The molecule has 0 aliphatic carbocycles. The number of hydrogen-bond acceptors (Lipinski definition) is 5. The van der Waals surface area contributed by atoms with E-state index in [4.69, 9.17) is 5.73 Å². The molecule has 2 rings (SSSR count). The van der Waals surface area contributed by atoms with Gasteiger partial charge in [-0.25, -0.2) is 9.97 Å². The summed E-state index contributed by atoms with van der Waals surface area (Å²) >= 11 is 0. The van der Waals surface area contributed by atoms with Gasteiger partial charge in [-0.2, -0.15) is 0 Å². The molecule has 1 saturated heterocycles. The van der Waals surface area contributed by atoms with Crippen LogP contribution in [-0.2, 0) is 5.41 Å². The van der Waals surface area contributed by atoms with Crippen molar-refractivity contribution in [2.45, 2.75) is 26.2 Å². The number of hydrogen-bond donors (Lipinski definition) is 1. The normalized spacial score (nSPS) is 18.1. The molecule has 0 aromatic carbocycles. The molecule has 0 radical (unpaired) electrons. The van der Waals surface area contributed by atoms with E-state index in [0.29, 0.717) is 5.82 Å². The van der Waals surface area contributed by atoms with E-state index in [1.807, 2.05) is 6.07 Å². The predicted octanol–water partition coefficient (Wildman–Crippen LogP) is 1.11. The molecule has 100 valence electrons. The van der Waals surface area contributed by atoms with Gasteiger partial charge in [0.1, 0.15) is 17.5 Å². The van der Waals surface area contributed by atoms with E-state index in [9.17, 15) is 0 Å². The lowest BCUT2D eigenvalue weighted by molar-refractivity contribution is 0.312. The first-order valence-electron chi connectivity index (χ1n) is 6.45. The largest absolute Gasteiger partial charge is 0.384 e. The summed E-state index contributed by atoms with van der Waals surface area (Å²) in [6.07, 6.45) is 0. The first-order chi connectivity index (χ1) is 8.36. The Bertz CT molecular complexity index is 416. The molecule has 1 aliphatic heterocycles. The summed E-state index contributed by atoms with van der Waals surface area (Å²) in [5, 5.41) is 0. The fourth-order valence-corrected chi connectivity index (χ4v) is 1.99. The third-order valence-corrected chi connectivity index (χ3v) is 3.23. The molecule has 0 spiro atoms. The molecule has 5 heteroatoms. The maximum absolute atomic E-state index is 5.90. The topological polar surface area (TPSA) is 58.3 Å². The van der Waals surface area contributed by atoms with Crippen molar-refractivity contribution in [1.29, 1.82) is 0 Å². The number of likely N-dealkylation sites (N-methyl/N-ethyl adjacent to an activating group) is 1. The number of rotatable bonds is 1. The summed E-state index contributed by atoms with van der Waals surface area (Å²) in [5.74, 6) is 2.33. The Morgan fingerprint density at radius 1 is 1.11 bits per heavy atom. The van der Waals surface area contributed by atoms with Crippen LogP contribution in [0.5, 0.6) is 0 Å². The van der Waals surface area contributed by atoms with E-state index in [0.717, 1.165) is 37.8 Å². The number of nitrogen functional groups attached to an aromatic ring is 1. The average molecular weight is 249 g/mol. The lowest BCUT2D eigenvalue weighted by Crippen LogP contribution is -2.45. The van der Waals surface area contributed by atoms with Crippen LogP contribution in [0.15, 0.2) is 6.07 Å². The molecule has 18 heavy (non-hydrogen) atoms. The Hall–Kier alpha value is -1.36. The first-order valence-corrected chi connectivity index (χ1v) is 6.45. The van der Waals surface area contributed by atoms with Gasteiger partial charge in [-0.05, 0) is 7.05 Å². The highest BCUT2D eigenvalue weighted by molar-refractivity contribution is 5.48. The van der Waals surface area contributed by atoms with Crippen molar-refractivity contribution < 1.29 is 0 Å². The zero-order valence-corrected chi connectivity index (χ0v) is 11.8. The third kappa shape index (κ3) is 2.90. The van der Waals surface area contributed by atoms with Crippen molar-refractivity contribution in [1.82, 2.24) is 14.9 Å². The molecule has 1 fully saturated rings. The zero-order chi connectivity index (χ0) is 13.3. The lowest BCUT2D eigenvalue weighted by atomic mass is 9.96. The van der Waals surface area contributed by atoms with E-state index in [-0.39, 0.29) is 5.41 Å². The van der Waals surface area contributed by atoms with Gasteiger partial charge < -0.3 is 15.5 Å². The standard InChI is InChI=1S/C13H23N5/c1-13(2,3)12-15-10(14)9-11(16-12)18-7-5-17(4)6-8-18/h9H,5-8H2,1-4H3,(H2,14,15,16). The zero-order valence-electron chi connectivity index (χ0n) is 11.8. The Balaban J connectivity index is 2.25. The third-order valence-electron chi connectivity index (χ3n) is 3.23. The lowest BCUT2D eigenvalue weighted by Gasteiger charge is -2.33. The van der Waals surface area contributed by atoms with Crippen molar-refractivity contribution in [3.8, 4) is 0 Å². The maximum Gasteiger partial charge on any atom is 0.138 e. The average Bonchev–Trinajstić information content (AvgIpc) is 2.28. The second-order valence-corrected chi connectivity index (χ2v) is 6.01. The number of aromatic nitrogens is 2. The van der Waals surface area contributed by atoms with E-state index < -0.39 is 0 Å². The van der Waals surface area contributed by atoms with Gasteiger partial charge in [-0.3, -0.25) is 0 Å². The Morgan fingerprint density at radius 3 is 2.28 bits per heavy atom. The van der Waals surface area contributed by atoms with E-state index >= 15 is 0 Å². The van der Waals surface area contributed by atoms with Gasteiger partial charge >= 0.3 is 0 Å². The smallest absolute Gasteiger partial charge is 0.138 e. The molecule has 1 aromatic heterocycles. The Morgan fingerprint density at radius 2 is 1.72 bits per heavy atom. The SMILES string of the molecule is CN1CCN(c2cc(N)nc(C(C)(C)C)n2)CC1. The minimum Gasteiger partial charge on any atom is -0.384 e. The molecule has 0 saturated carbocycles. The quantitative estimate of drug-likeness (QED) is 0.808. The van der Waals surface area contributed by atoms with E-state index in [1.54, 1.807) is 0 Å². The Kier molecular flexibility index (Phi) is 3.43. The number of piperazine rings is 1. The first kappa shape index (κ1) is 13.1.